The first-order valence-electron chi connectivity index (χ1n) is 5.90. The highest BCUT2D eigenvalue weighted by molar-refractivity contribution is 14.1. The fourth-order valence-electron chi connectivity index (χ4n) is 1.62. The Morgan fingerprint density at radius 2 is 1.73 bits per heavy atom. The summed E-state index contributed by atoms with van der Waals surface area (Å²) in [5, 5.41) is 4.50. The van der Waals surface area contributed by atoms with Crippen LogP contribution in [0.3, 0.4) is 0 Å². The minimum atomic E-state index is -0.888. The minimum Gasteiger partial charge on any atom is -0.305 e. The summed E-state index contributed by atoms with van der Waals surface area (Å²) in [5.41, 5.74) is -0.0694. The molecule has 0 bridgehead atoms. The number of carbonyl (C=O) groups excluding carboxylic acids is 2. The monoisotopic (exact) mass is 452 g/mol. The molecule has 22 heavy (non-hydrogen) atoms. The summed E-state index contributed by atoms with van der Waals surface area (Å²) in [5.74, 6) is -1.38. The molecule has 8 heteroatoms. The van der Waals surface area contributed by atoms with Gasteiger partial charge >= 0.3 is 6.03 Å². The molecule has 0 aliphatic rings. The molecule has 0 unspecified atom stereocenters. The number of urea groups is 1. The zero-order chi connectivity index (χ0) is 16.3. The molecule has 0 radical (unpaired) electrons. The van der Waals surface area contributed by atoms with Gasteiger partial charge in [-0.2, -0.15) is 0 Å². The Kier molecular flexibility index (Phi) is 5.60. The number of rotatable bonds is 2. The molecule has 3 amide bonds. The molecular weight excluding hydrogens is 445 g/mol. The van der Waals surface area contributed by atoms with E-state index in [0.717, 1.165) is 0 Å². The van der Waals surface area contributed by atoms with Gasteiger partial charge in [0.1, 0.15) is 5.82 Å². The average Bonchev–Trinajstić information content (AvgIpc) is 2.41. The molecule has 4 nitrogen and oxygen atoms in total. The number of hydrogen-bond acceptors (Lipinski definition) is 2. The number of nitrogens with one attached hydrogen (secondary N) is 2. The predicted molar refractivity (Wildman–Crippen MR) is 92.1 cm³/mol. The molecule has 0 aliphatic heterocycles. The van der Waals surface area contributed by atoms with Crippen LogP contribution in [0.1, 0.15) is 10.4 Å². The van der Waals surface area contributed by atoms with Crippen molar-refractivity contribution in [2.45, 2.75) is 0 Å². The summed E-state index contributed by atoms with van der Waals surface area (Å²) in [4.78, 5) is 23.7. The highest BCUT2D eigenvalue weighted by Crippen LogP contribution is 2.24. The number of anilines is 1. The third-order valence-corrected chi connectivity index (χ3v) is 3.90. The lowest BCUT2D eigenvalue weighted by molar-refractivity contribution is 0.0967. The number of hydrogen-bond donors (Lipinski definition) is 2. The topological polar surface area (TPSA) is 58.2 Å². The minimum absolute atomic E-state index is 0.0240. The highest BCUT2D eigenvalue weighted by Gasteiger charge is 2.17. The van der Waals surface area contributed by atoms with E-state index in [1.807, 2.05) is 27.9 Å². The number of imide groups is 1. The van der Waals surface area contributed by atoms with E-state index in [1.54, 1.807) is 12.1 Å². The maximum atomic E-state index is 13.6. The normalized spacial score (nSPS) is 10.2. The molecular formula is C14H8Cl2FIN2O2. The molecule has 0 aliphatic carbocycles. The van der Waals surface area contributed by atoms with Crippen LogP contribution in [-0.2, 0) is 0 Å². The van der Waals surface area contributed by atoms with Crippen LogP contribution < -0.4 is 10.6 Å². The van der Waals surface area contributed by atoms with E-state index in [9.17, 15) is 14.0 Å². The van der Waals surface area contributed by atoms with E-state index in [2.05, 4.69) is 5.32 Å². The Balaban J connectivity index is 2.10. The second-order valence-corrected chi connectivity index (χ2v) is 6.19. The lowest BCUT2D eigenvalue weighted by Gasteiger charge is -2.09. The molecule has 0 fully saturated rings. The van der Waals surface area contributed by atoms with Gasteiger partial charge in [-0.25, -0.2) is 9.18 Å². The van der Waals surface area contributed by atoms with Crippen molar-refractivity contribution in [1.82, 2.24) is 5.32 Å². The van der Waals surface area contributed by atoms with Crippen molar-refractivity contribution >= 4 is 63.4 Å². The van der Waals surface area contributed by atoms with Crippen LogP contribution in [0, 0.1) is 9.39 Å². The van der Waals surface area contributed by atoms with Gasteiger partial charge in [-0.05, 0) is 52.9 Å². The average molecular weight is 453 g/mol. The van der Waals surface area contributed by atoms with Crippen LogP contribution in [0.2, 0.25) is 10.0 Å². The first kappa shape index (κ1) is 17.0. The van der Waals surface area contributed by atoms with Crippen molar-refractivity contribution in [2.24, 2.45) is 0 Å². The maximum absolute atomic E-state index is 13.6. The third-order valence-electron chi connectivity index (χ3n) is 2.60. The van der Waals surface area contributed by atoms with Crippen molar-refractivity contribution in [3.63, 3.8) is 0 Å². The van der Waals surface area contributed by atoms with E-state index in [4.69, 9.17) is 23.2 Å². The SMILES string of the molecule is O=C(NC(=O)c1c(Cl)cccc1Cl)Nc1ccc(I)cc1F. The Labute approximate surface area is 149 Å². The number of amides is 3. The summed E-state index contributed by atoms with van der Waals surface area (Å²) < 4.78 is 14.3. The Morgan fingerprint density at radius 1 is 1.09 bits per heavy atom. The smallest absolute Gasteiger partial charge is 0.305 e. The van der Waals surface area contributed by atoms with Gasteiger partial charge in [0.2, 0.25) is 0 Å². The van der Waals surface area contributed by atoms with Crippen LogP contribution in [0.4, 0.5) is 14.9 Å². The van der Waals surface area contributed by atoms with Crippen LogP contribution >= 0.6 is 45.8 Å². The summed E-state index contributed by atoms with van der Waals surface area (Å²) in [6.45, 7) is 0. The van der Waals surface area contributed by atoms with Crippen molar-refractivity contribution in [3.8, 4) is 0 Å². The van der Waals surface area contributed by atoms with Crippen molar-refractivity contribution < 1.29 is 14.0 Å². The number of halogens is 4. The van der Waals surface area contributed by atoms with E-state index in [0.29, 0.717) is 3.57 Å². The molecule has 2 aromatic carbocycles. The van der Waals surface area contributed by atoms with Crippen molar-refractivity contribution in [3.05, 3.63) is 61.4 Å². The van der Waals surface area contributed by atoms with Crippen LogP contribution in [0.5, 0.6) is 0 Å². The van der Waals surface area contributed by atoms with Gasteiger partial charge in [0.25, 0.3) is 5.91 Å². The standard InChI is InChI=1S/C14H8Cl2FIN2O2/c15-8-2-1-3-9(16)12(8)13(21)20-14(22)19-11-5-4-7(18)6-10(11)17/h1-6H,(H2,19,20,21,22). The van der Waals surface area contributed by atoms with Crippen molar-refractivity contribution in [1.29, 1.82) is 0 Å². The number of benzene rings is 2. The van der Waals surface area contributed by atoms with E-state index >= 15 is 0 Å². The first-order chi connectivity index (χ1) is 10.4. The molecule has 0 aromatic heterocycles. The first-order valence-corrected chi connectivity index (χ1v) is 7.73. The fraction of sp³-hybridized carbons (Fsp3) is 0. The highest BCUT2D eigenvalue weighted by atomic mass is 127. The molecule has 2 aromatic rings. The van der Waals surface area contributed by atoms with Gasteiger partial charge in [0.05, 0.1) is 21.3 Å². The zero-order valence-electron chi connectivity index (χ0n) is 10.8. The third kappa shape index (κ3) is 4.08. The number of carbonyl (C=O) groups is 2. The van der Waals surface area contributed by atoms with Gasteiger partial charge in [-0.15, -0.1) is 0 Å². The molecule has 0 atom stereocenters. The van der Waals surface area contributed by atoms with Gasteiger partial charge in [0, 0.05) is 3.57 Å². The largest absolute Gasteiger partial charge is 0.326 e. The zero-order valence-corrected chi connectivity index (χ0v) is 14.5. The molecule has 0 heterocycles. The lowest BCUT2D eigenvalue weighted by atomic mass is 10.2. The van der Waals surface area contributed by atoms with Crippen LogP contribution in [0.25, 0.3) is 0 Å². The van der Waals surface area contributed by atoms with Gasteiger partial charge < -0.3 is 5.32 Å². The van der Waals surface area contributed by atoms with E-state index in [1.165, 1.54) is 24.3 Å². The summed E-state index contributed by atoms with van der Waals surface area (Å²) in [6.07, 6.45) is 0. The Morgan fingerprint density at radius 3 is 2.32 bits per heavy atom. The van der Waals surface area contributed by atoms with Crippen molar-refractivity contribution in [2.75, 3.05) is 5.32 Å². The van der Waals surface area contributed by atoms with Gasteiger partial charge in [-0.3, -0.25) is 10.1 Å². The van der Waals surface area contributed by atoms with Gasteiger partial charge in [-0.1, -0.05) is 29.3 Å². The maximum Gasteiger partial charge on any atom is 0.326 e. The molecule has 0 spiro atoms. The second-order valence-electron chi connectivity index (χ2n) is 4.13. The second kappa shape index (κ2) is 7.26. The predicted octanol–water partition coefficient (Wildman–Crippen LogP) is 4.70. The Hall–Kier alpha value is -1.38. The molecule has 2 N–H and O–H groups in total. The summed E-state index contributed by atoms with van der Waals surface area (Å²) >= 11 is 13.7. The summed E-state index contributed by atoms with van der Waals surface area (Å²) in [6, 6.07) is 7.89. The molecule has 2 rings (SSSR count). The summed E-state index contributed by atoms with van der Waals surface area (Å²) in [7, 11) is 0. The molecule has 114 valence electrons. The quantitative estimate of drug-likeness (QED) is 0.649. The van der Waals surface area contributed by atoms with Crippen LogP contribution in [0.15, 0.2) is 36.4 Å². The van der Waals surface area contributed by atoms with Gasteiger partial charge in [0.15, 0.2) is 0 Å². The van der Waals surface area contributed by atoms with Crippen LogP contribution in [-0.4, -0.2) is 11.9 Å². The molecule has 0 saturated carbocycles. The van der Waals surface area contributed by atoms with E-state index in [-0.39, 0.29) is 21.3 Å². The van der Waals surface area contributed by atoms with E-state index < -0.39 is 17.8 Å². The lowest BCUT2D eigenvalue weighted by Crippen LogP contribution is -2.34. The molecule has 0 saturated heterocycles. The Bertz CT molecular complexity index is 735. The fourth-order valence-corrected chi connectivity index (χ4v) is 2.65.